The quantitative estimate of drug-likeness (QED) is 0.701. The van der Waals surface area contributed by atoms with Gasteiger partial charge in [0.2, 0.25) is 5.89 Å². The topological polar surface area (TPSA) is 78.7 Å². The van der Waals surface area contributed by atoms with Crippen LogP contribution in [0.3, 0.4) is 0 Å². The predicted molar refractivity (Wildman–Crippen MR) is 81.8 cm³/mol. The van der Waals surface area contributed by atoms with Crippen LogP contribution in [0.4, 0.5) is 0 Å². The molecule has 122 valence electrons. The van der Waals surface area contributed by atoms with E-state index in [-0.39, 0.29) is 6.54 Å². The molecule has 0 aliphatic rings. The van der Waals surface area contributed by atoms with Crippen molar-refractivity contribution in [3.05, 3.63) is 17.8 Å². The molecule has 1 N–H and O–H groups in total. The minimum absolute atomic E-state index is 0.142. The van der Waals surface area contributed by atoms with Crippen LogP contribution in [-0.2, 0) is 23.3 Å². The van der Waals surface area contributed by atoms with E-state index in [9.17, 15) is 8.42 Å². The van der Waals surface area contributed by atoms with Crippen LogP contribution in [0.5, 0.6) is 0 Å². The summed E-state index contributed by atoms with van der Waals surface area (Å²) in [7, 11) is 0.366. The third-order valence-electron chi connectivity index (χ3n) is 2.77. The molecule has 1 rings (SSSR count). The van der Waals surface area contributed by atoms with Gasteiger partial charge in [-0.2, -0.15) is 17.4 Å². The second-order valence-electron chi connectivity index (χ2n) is 5.20. The van der Waals surface area contributed by atoms with Crippen molar-refractivity contribution >= 4 is 10.2 Å². The maximum Gasteiger partial charge on any atom is 0.279 e. The first kappa shape index (κ1) is 18.1. The van der Waals surface area contributed by atoms with Crippen molar-refractivity contribution in [2.45, 2.75) is 39.8 Å². The summed E-state index contributed by atoms with van der Waals surface area (Å²) in [6.07, 6.45) is 3.07. The number of nitrogens with zero attached hydrogens (tertiary/aromatic N) is 3. The van der Waals surface area contributed by atoms with Gasteiger partial charge in [0.1, 0.15) is 6.26 Å². The first-order chi connectivity index (χ1) is 9.89. The molecule has 0 saturated heterocycles. The van der Waals surface area contributed by atoms with Gasteiger partial charge in [-0.1, -0.05) is 13.8 Å². The molecule has 0 spiro atoms. The summed E-state index contributed by atoms with van der Waals surface area (Å²) in [4.78, 5) is 6.19. The fourth-order valence-electron chi connectivity index (χ4n) is 1.88. The lowest BCUT2D eigenvalue weighted by atomic mass is 10.4. The Kier molecular flexibility index (Phi) is 7.30. The van der Waals surface area contributed by atoms with E-state index in [1.165, 1.54) is 10.6 Å². The van der Waals surface area contributed by atoms with E-state index in [1.807, 2.05) is 32.8 Å². The SMILES string of the molecule is CCCN(CCC)S(=O)(=O)NCc1coc(CN(C)C)n1. The Morgan fingerprint density at radius 3 is 2.38 bits per heavy atom. The Hall–Kier alpha value is -0.960. The van der Waals surface area contributed by atoms with Crippen molar-refractivity contribution in [1.29, 1.82) is 0 Å². The van der Waals surface area contributed by atoms with Gasteiger partial charge in [-0.15, -0.1) is 0 Å². The molecule has 0 fully saturated rings. The van der Waals surface area contributed by atoms with Gasteiger partial charge in [-0.3, -0.25) is 0 Å². The molecule has 0 unspecified atom stereocenters. The first-order valence-electron chi connectivity index (χ1n) is 7.21. The highest BCUT2D eigenvalue weighted by atomic mass is 32.2. The van der Waals surface area contributed by atoms with Crippen molar-refractivity contribution in [3.8, 4) is 0 Å². The number of aromatic nitrogens is 1. The maximum atomic E-state index is 12.2. The monoisotopic (exact) mass is 318 g/mol. The molecule has 1 aromatic rings. The van der Waals surface area contributed by atoms with E-state index >= 15 is 0 Å². The van der Waals surface area contributed by atoms with E-state index in [0.717, 1.165) is 12.8 Å². The normalized spacial score (nSPS) is 12.5. The fourth-order valence-corrected chi connectivity index (χ4v) is 3.24. The Labute approximate surface area is 127 Å². The molecule has 0 radical (unpaired) electrons. The number of rotatable bonds is 10. The third-order valence-corrected chi connectivity index (χ3v) is 4.33. The molecule has 1 aromatic heterocycles. The number of oxazole rings is 1. The van der Waals surface area contributed by atoms with Crippen molar-refractivity contribution in [1.82, 2.24) is 18.9 Å². The number of hydrogen-bond donors (Lipinski definition) is 1. The highest BCUT2D eigenvalue weighted by molar-refractivity contribution is 7.87. The molecule has 0 bridgehead atoms. The summed E-state index contributed by atoms with van der Waals surface area (Å²) in [5.74, 6) is 0.577. The smallest absolute Gasteiger partial charge is 0.279 e. The largest absolute Gasteiger partial charge is 0.447 e. The van der Waals surface area contributed by atoms with Crippen LogP contribution in [0, 0.1) is 0 Å². The summed E-state index contributed by atoms with van der Waals surface area (Å²) in [6.45, 7) is 5.70. The first-order valence-corrected chi connectivity index (χ1v) is 8.65. The molecule has 0 amide bonds. The van der Waals surface area contributed by atoms with Crippen LogP contribution in [0.1, 0.15) is 38.3 Å². The molecule has 0 aliphatic heterocycles. The van der Waals surface area contributed by atoms with Gasteiger partial charge in [0.25, 0.3) is 10.2 Å². The van der Waals surface area contributed by atoms with Crippen molar-refractivity contribution in [2.75, 3.05) is 27.2 Å². The lowest BCUT2D eigenvalue weighted by Gasteiger charge is -2.20. The van der Waals surface area contributed by atoms with Gasteiger partial charge in [-0.05, 0) is 26.9 Å². The molecule has 1 heterocycles. The van der Waals surface area contributed by atoms with Gasteiger partial charge in [0, 0.05) is 13.1 Å². The molecule has 0 saturated carbocycles. The summed E-state index contributed by atoms with van der Waals surface area (Å²) in [5.41, 5.74) is 0.586. The summed E-state index contributed by atoms with van der Waals surface area (Å²) < 4.78 is 33.8. The van der Waals surface area contributed by atoms with E-state index in [2.05, 4.69) is 9.71 Å². The van der Waals surface area contributed by atoms with E-state index in [1.54, 1.807) is 0 Å². The van der Waals surface area contributed by atoms with Gasteiger partial charge in [0.05, 0.1) is 18.8 Å². The zero-order valence-electron chi connectivity index (χ0n) is 13.3. The van der Waals surface area contributed by atoms with Crippen LogP contribution in [0.25, 0.3) is 0 Å². The third kappa shape index (κ3) is 6.13. The molecule has 7 nitrogen and oxygen atoms in total. The molecule has 0 atom stereocenters. The molecule has 0 aromatic carbocycles. The van der Waals surface area contributed by atoms with Gasteiger partial charge in [0.15, 0.2) is 0 Å². The van der Waals surface area contributed by atoms with Gasteiger partial charge < -0.3 is 9.32 Å². The lowest BCUT2D eigenvalue weighted by molar-refractivity contribution is 0.341. The standard InChI is InChI=1S/C13H26N4O3S/c1-5-7-17(8-6-2)21(18,19)14-9-12-11-20-13(15-12)10-16(3)4/h11,14H,5-10H2,1-4H3. The maximum absolute atomic E-state index is 12.2. The summed E-state index contributed by atoms with van der Waals surface area (Å²) in [5, 5.41) is 0. The summed E-state index contributed by atoms with van der Waals surface area (Å²) in [6, 6.07) is 0. The highest BCUT2D eigenvalue weighted by Crippen LogP contribution is 2.06. The number of hydrogen-bond acceptors (Lipinski definition) is 5. The molecule has 8 heteroatoms. The zero-order chi connectivity index (χ0) is 15.9. The second kappa shape index (κ2) is 8.47. The minimum Gasteiger partial charge on any atom is -0.447 e. The van der Waals surface area contributed by atoms with Crippen molar-refractivity contribution < 1.29 is 12.8 Å². The van der Waals surface area contributed by atoms with Crippen LogP contribution in [0.2, 0.25) is 0 Å². The zero-order valence-corrected chi connectivity index (χ0v) is 14.1. The van der Waals surface area contributed by atoms with E-state index in [4.69, 9.17) is 4.42 Å². The van der Waals surface area contributed by atoms with E-state index < -0.39 is 10.2 Å². The summed E-state index contributed by atoms with van der Waals surface area (Å²) >= 11 is 0. The van der Waals surface area contributed by atoms with Crippen LogP contribution >= 0.6 is 0 Å². The lowest BCUT2D eigenvalue weighted by Crippen LogP contribution is -2.41. The van der Waals surface area contributed by atoms with Crippen LogP contribution in [-0.4, -0.2) is 49.8 Å². The molecule has 0 aliphatic carbocycles. The van der Waals surface area contributed by atoms with Crippen LogP contribution < -0.4 is 4.72 Å². The number of nitrogens with one attached hydrogen (secondary N) is 1. The Morgan fingerprint density at radius 1 is 1.24 bits per heavy atom. The predicted octanol–water partition coefficient (Wildman–Crippen LogP) is 1.19. The fraction of sp³-hybridized carbons (Fsp3) is 0.769. The average Bonchev–Trinajstić information content (AvgIpc) is 2.83. The molecule has 21 heavy (non-hydrogen) atoms. The Balaban J connectivity index is 2.61. The van der Waals surface area contributed by atoms with Gasteiger partial charge >= 0.3 is 0 Å². The average molecular weight is 318 g/mol. The second-order valence-corrected chi connectivity index (χ2v) is 6.95. The Bertz CT molecular complexity index is 507. The highest BCUT2D eigenvalue weighted by Gasteiger charge is 2.20. The van der Waals surface area contributed by atoms with Crippen molar-refractivity contribution in [3.63, 3.8) is 0 Å². The minimum atomic E-state index is -3.47. The molecular weight excluding hydrogens is 292 g/mol. The molecular formula is C13H26N4O3S. The van der Waals surface area contributed by atoms with Crippen molar-refractivity contribution in [2.24, 2.45) is 0 Å². The Morgan fingerprint density at radius 2 is 1.86 bits per heavy atom. The van der Waals surface area contributed by atoms with Crippen LogP contribution in [0.15, 0.2) is 10.7 Å². The van der Waals surface area contributed by atoms with E-state index in [0.29, 0.717) is 31.2 Å². The van der Waals surface area contributed by atoms with Gasteiger partial charge in [-0.25, -0.2) is 4.98 Å².